The van der Waals surface area contributed by atoms with Crippen molar-refractivity contribution < 1.29 is 0 Å². The lowest BCUT2D eigenvalue weighted by Crippen LogP contribution is -1.79. The molecule has 0 aromatic carbocycles. The average molecular weight is 128 g/mol. The third kappa shape index (κ3) is 18.2. The van der Waals surface area contributed by atoms with E-state index in [1.807, 2.05) is 13.8 Å². The Balaban J connectivity index is 0. The molecular weight excluding hydrogens is 108 g/mol. The predicted molar refractivity (Wildman–Crippen MR) is 45.6 cm³/mol. The molecule has 0 aromatic rings. The Kier molecular flexibility index (Phi) is 13.7. The minimum atomic E-state index is 0.816. The van der Waals surface area contributed by atoms with E-state index < -0.39 is 0 Å². The van der Waals surface area contributed by atoms with Crippen molar-refractivity contribution in [3.8, 4) is 0 Å². The molecule has 0 spiro atoms. The van der Waals surface area contributed by atoms with E-state index in [1.54, 1.807) is 0 Å². The van der Waals surface area contributed by atoms with Gasteiger partial charge >= 0.3 is 0 Å². The zero-order chi connectivity index (χ0) is 7.70. The minimum Gasteiger partial charge on any atom is -0.0917 e. The van der Waals surface area contributed by atoms with Gasteiger partial charge in [-0.15, -0.1) is 0 Å². The van der Waals surface area contributed by atoms with Crippen LogP contribution in [0.3, 0.4) is 0 Å². The van der Waals surface area contributed by atoms with Crippen LogP contribution < -0.4 is 0 Å². The van der Waals surface area contributed by atoms with E-state index in [2.05, 4.69) is 32.9 Å². The van der Waals surface area contributed by atoms with Crippen LogP contribution in [0.25, 0.3) is 0 Å². The highest BCUT2D eigenvalue weighted by Crippen LogP contribution is 1.98. The zero-order valence-electron chi connectivity index (χ0n) is 7.44. The molecule has 0 amide bonds. The summed E-state index contributed by atoms with van der Waals surface area (Å²) in [5.41, 5.74) is 0. The molecule has 0 bridgehead atoms. The van der Waals surface area contributed by atoms with Crippen LogP contribution in [-0.2, 0) is 0 Å². The molecule has 0 saturated heterocycles. The lowest BCUT2D eigenvalue weighted by Gasteiger charge is -1.93. The summed E-state index contributed by atoms with van der Waals surface area (Å²) in [6.45, 7) is 10.5. The van der Waals surface area contributed by atoms with Crippen molar-refractivity contribution in [1.29, 1.82) is 0 Å². The largest absolute Gasteiger partial charge is 0.0917 e. The molecule has 0 heterocycles. The molecule has 0 N–H and O–H groups in total. The van der Waals surface area contributed by atoms with Crippen molar-refractivity contribution in [2.75, 3.05) is 0 Å². The summed E-state index contributed by atoms with van der Waals surface area (Å²) in [4.78, 5) is 0. The first kappa shape index (κ1) is 11.5. The lowest BCUT2D eigenvalue weighted by molar-refractivity contribution is 0.663. The lowest BCUT2D eigenvalue weighted by atomic mass is 10.1. The van der Waals surface area contributed by atoms with Crippen molar-refractivity contribution in [2.24, 2.45) is 5.92 Å². The Hall–Kier alpha value is -0.260. The molecule has 0 atom stereocenters. The van der Waals surface area contributed by atoms with E-state index in [4.69, 9.17) is 0 Å². The third-order valence-corrected chi connectivity index (χ3v) is 0.843. The van der Waals surface area contributed by atoms with Crippen LogP contribution in [-0.4, -0.2) is 0 Å². The van der Waals surface area contributed by atoms with Gasteiger partial charge in [-0.1, -0.05) is 39.8 Å². The fourth-order valence-corrected chi connectivity index (χ4v) is 0.408. The van der Waals surface area contributed by atoms with Crippen LogP contribution in [0.2, 0.25) is 0 Å². The van der Waals surface area contributed by atoms with Crippen LogP contribution in [0.15, 0.2) is 12.2 Å². The summed E-state index contributed by atoms with van der Waals surface area (Å²) in [5, 5.41) is 0. The topological polar surface area (TPSA) is 0 Å². The van der Waals surface area contributed by atoms with Gasteiger partial charge in [-0.3, -0.25) is 0 Å². The second-order valence-electron chi connectivity index (χ2n) is 2.20. The van der Waals surface area contributed by atoms with Gasteiger partial charge in [0.15, 0.2) is 0 Å². The Morgan fingerprint density at radius 3 is 1.78 bits per heavy atom. The third-order valence-electron chi connectivity index (χ3n) is 0.843. The van der Waals surface area contributed by atoms with Gasteiger partial charge in [0.1, 0.15) is 0 Å². The zero-order valence-corrected chi connectivity index (χ0v) is 7.44. The van der Waals surface area contributed by atoms with Crippen molar-refractivity contribution in [3.05, 3.63) is 12.2 Å². The van der Waals surface area contributed by atoms with Crippen LogP contribution in [0, 0.1) is 5.92 Å². The van der Waals surface area contributed by atoms with E-state index in [1.165, 1.54) is 6.42 Å². The Morgan fingerprint density at radius 1 is 1.22 bits per heavy atom. The highest BCUT2D eigenvalue weighted by atomic mass is 13.9. The number of allylic oxidation sites excluding steroid dienone is 2. The van der Waals surface area contributed by atoms with Crippen LogP contribution in [0.5, 0.6) is 0 Å². The molecule has 0 rings (SSSR count). The fraction of sp³-hybridized carbons (Fsp3) is 0.778. The summed E-state index contributed by atoms with van der Waals surface area (Å²) in [5.74, 6) is 0.816. The van der Waals surface area contributed by atoms with Crippen molar-refractivity contribution >= 4 is 0 Å². The van der Waals surface area contributed by atoms with E-state index in [9.17, 15) is 0 Å². The molecule has 9 heavy (non-hydrogen) atoms. The average Bonchev–Trinajstić information content (AvgIpc) is 1.88. The maximum Gasteiger partial charge on any atom is -0.0328 e. The number of rotatable bonds is 2. The minimum absolute atomic E-state index is 0.816. The van der Waals surface area contributed by atoms with Crippen LogP contribution >= 0.6 is 0 Å². The maximum atomic E-state index is 2.22. The van der Waals surface area contributed by atoms with E-state index >= 15 is 0 Å². The maximum absolute atomic E-state index is 2.22. The second kappa shape index (κ2) is 10.7. The Bertz CT molecular complexity index is 51.1. The molecule has 0 fully saturated rings. The molecule has 0 nitrogen and oxygen atoms in total. The number of hydrogen-bond acceptors (Lipinski definition) is 0. The van der Waals surface area contributed by atoms with Gasteiger partial charge in [0.2, 0.25) is 0 Å². The molecule has 0 saturated carbocycles. The normalized spacial score (nSPS) is 9.56. The van der Waals surface area contributed by atoms with Crippen molar-refractivity contribution in [1.82, 2.24) is 0 Å². The second-order valence-corrected chi connectivity index (χ2v) is 2.20. The molecule has 0 heteroatoms. The summed E-state index contributed by atoms with van der Waals surface area (Å²) in [6.07, 6.45) is 5.52. The standard InChI is InChI=1S/C7H14.C2H6/c1-4-5-6-7(2)3;1-2/h4-5,7H,6H2,1-3H3;1-2H3/b5-4+;. The van der Waals surface area contributed by atoms with E-state index in [0.29, 0.717) is 0 Å². The highest BCUT2D eigenvalue weighted by molar-refractivity contribution is 4.77. The Labute approximate surface area is 60.0 Å². The van der Waals surface area contributed by atoms with Gasteiger partial charge < -0.3 is 0 Å². The first-order valence-corrected chi connectivity index (χ1v) is 3.88. The predicted octanol–water partition coefficient (Wildman–Crippen LogP) is 3.63. The van der Waals surface area contributed by atoms with E-state index in [0.717, 1.165) is 5.92 Å². The smallest absolute Gasteiger partial charge is 0.0328 e. The molecule has 0 aliphatic carbocycles. The summed E-state index contributed by atoms with van der Waals surface area (Å²) >= 11 is 0. The molecular formula is C9H20. The molecule has 0 aliphatic heterocycles. The Morgan fingerprint density at radius 2 is 1.67 bits per heavy atom. The summed E-state index contributed by atoms with van der Waals surface area (Å²) < 4.78 is 0. The molecule has 0 unspecified atom stereocenters. The van der Waals surface area contributed by atoms with Gasteiger partial charge in [0.05, 0.1) is 0 Å². The molecule has 0 aliphatic rings. The van der Waals surface area contributed by atoms with Gasteiger partial charge in [0.25, 0.3) is 0 Å². The van der Waals surface area contributed by atoms with Crippen molar-refractivity contribution in [2.45, 2.75) is 41.0 Å². The summed E-state index contributed by atoms with van der Waals surface area (Å²) in [6, 6.07) is 0. The van der Waals surface area contributed by atoms with Gasteiger partial charge in [0, 0.05) is 0 Å². The van der Waals surface area contributed by atoms with Gasteiger partial charge in [-0.2, -0.15) is 0 Å². The molecule has 56 valence electrons. The first-order chi connectivity index (χ1) is 4.27. The van der Waals surface area contributed by atoms with Crippen molar-refractivity contribution in [3.63, 3.8) is 0 Å². The quantitative estimate of drug-likeness (QED) is 0.498. The van der Waals surface area contributed by atoms with Gasteiger partial charge in [-0.25, -0.2) is 0 Å². The van der Waals surface area contributed by atoms with E-state index in [-0.39, 0.29) is 0 Å². The van der Waals surface area contributed by atoms with Crippen LogP contribution in [0.1, 0.15) is 41.0 Å². The SMILES string of the molecule is C/C=C/CC(C)C.CC. The first-order valence-electron chi connectivity index (χ1n) is 3.88. The monoisotopic (exact) mass is 128 g/mol. The number of hydrogen-bond donors (Lipinski definition) is 0. The highest BCUT2D eigenvalue weighted by Gasteiger charge is 1.83. The summed E-state index contributed by atoms with van der Waals surface area (Å²) in [7, 11) is 0. The fourth-order valence-electron chi connectivity index (χ4n) is 0.408. The molecule has 0 radical (unpaired) electrons. The van der Waals surface area contributed by atoms with Gasteiger partial charge in [-0.05, 0) is 19.3 Å². The van der Waals surface area contributed by atoms with Crippen LogP contribution in [0.4, 0.5) is 0 Å². The molecule has 0 aromatic heterocycles.